The van der Waals surface area contributed by atoms with E-state index in [9.17, 15) is 4.21 Å². The van der Waals surface area contributed by atoms with Gasteiger partial charge in [-0.15, -0.1) is 0 Å². The van der Waals surface area contributed by atoms with Crippen LogP contribution in [0.15, 0.2) is 40.0 Å². The third kappa shape index (κ3) is 3.51. The highest BCUT2D eigenvalue weighted by Gasteiger charge is 2.51. The molecule has 0 aromatic heterocycles. The molecule has 0 spiro atoms. The Kier molecular flexibility index (Phi) is 4.78. The first kappa shape index (κ1) is 18.5. The molecular formula is C21H30O3S. The van der Waals surface area contributed by atoms with Crippen LogP contribution in [0, 0.1) is 24.2 Å². The van der Waals surface area contributed by atoms with Gasteiger partial charge in [-0.25, -0.2) is 4.21 Å². The van der Waals surface area contributed by atoms with Gasteiger partial charge in [0.1, 0.15) is 10.5 Å². The van der Waals surface area contributed by atoms with Crippen molar-refractivity contribution in [3.8, 4) is 0 Å². The molecule has 1 aromatic rings. The fourth-order valence-electron chi connectivity index (χ4n) is 4.36. The largest absolute Gasteiger partial charge is 0.468 e. The van der Waals surface area contributed by atoms with Crippen molar-refractivity contribution >= 4 is 10.8 Å². The van der Waals surface area contributed by atoms with Gasteiger partial charge in [-0.1, -0.05) is 31.5 Å². The van der Waals surface area contributed by atoms with Crippen molar-refractivity contribution in [2.45, 2.75) is 64.4 Å². The maximum absolute atomic E-state index is 13.5. The van der Waals surface area contributed by atoms with Gasteiger partial charge < -0.3 is 9.47 Å². The molecule has 0 radical (unpaired) electrons. The van der Waals surface area contributed by atoms with Crippen molar-refractivity contribution in [2.75, 3.05) is 7.11 Å². The van der Waals surface area contributed by atoms with E-state index < -0.39 is 10.8 Å². The molecule has 3 atom stereocenters. The minimum atomic E-state index is -1.26. The smallest absolute Gasteiger partial charge is 0.292 e. The third-order valence-electron chi connectivity index (χ3n) is 5.80. The monoisotopic (exact) mass is 362 g/mol. The Morgan fingerprint density at radius 1 is 1.16 bits per heavy atom. The van der Waals surface area contributed by atoms with Crippen molar-refractivity contribution in [1.29, 1.82) is 0 Å². The lowest BCUT2D eigenvalue weighted by atomic mass is 9.62. The van der Waals surface area contributed by atoms with E-state index in [1.165, 1.54) is 12.0 Å². The van der Waals surface area contributed by atoms with Gasteiger partial charge in [-0.3, -0.25) is 0 Å². The minimum Gasteiger partial charge on any atom is -0.468 e. The maximum Gasteiger partial charge on any atom is 0.292 e. The van der Waals surface area contributed by atoms with E-state index in [1.807, 2.05) is 31.2 Å². The lowest BCUT2D eigenvalue weighted by Crippen LogP contribution is -2.48. The lowest BCUT2D eigenvalue weighted by molar-refractivity contribution is -0.123. The number of methoxy groups -OCH3 is 1. The summed E-state index contributed by atoms with van der Waals surface area (Å²) in [5, 5.41) is 0. The van der Waals surface area contributed by atoms with Crippen molar-refractivity contribution < 1.29 is 13.7 Å². The summed E-state index contributed by atoms with van der Waals surface area (Å²) in [6.45, 7) is 10.9. The zero-order valence-corrected chi connectivity index (χ0v) is 17.0. The minimum absolute atomic E-state index is 0.226. The summed E-state index contributed by atoms with van der Waals surface area (Å²) in [4.78, 5) is 1.66. The Labute approximate surface area is 154 Å². The summed E-state index contributed by atoms with van der Waals surface area (Å²) in [6.07, 6.45) is 3.29. The number of fused-ring (bicyclic) bond motifs is 1. The standard InChI is InChI=1S/C21H30O3S/c1-14-7-9-15(10-8-14)25(22)18-16-13-20(2,3)12-11-17(16)21(4,5)24-19(18)23-6/h7-10,16-17H,11-13H2,1-6H3. The zero-order valence-electron chi connectivity index (χ0n) is 16.2. The second-order valence-corrected chi connectivity index (χ2v) is 10.2. The van der Waals surface area contributed by atoms with Gasteiger partial charge in [0.15, 0.2) is 0 Å². The maximum atomic E-state index is 13.5. The van der Waals surface area contributed by atoms with Crippen LogP contribution in [0.2, 0.25) is 0 Å². The molecule has 25 heavy (non-hydrogen) atoms. The number of ether oxygens (including phenoxy) is 2. The molecule has 3 nitrogen and oxygen atoms in total. The topological polar surface area (TPSA) is 35.5 Å². The summed E-state index contributed by atoms with van der Waals surface area (Å²) in [6, 6.07) is 7.93. The van der Waals surface area contributed by atoms with E-state index in [0.29, 0.717) is 11.9 Å². The predicted molar refractivity (Wildman–Crippen MR) is 101 cm³/mol. The van der Waals surface area contributed by atoms with Crippen molar-refractivity contribution in [2.24, 2.45) is 17.3 Å². The van der Waals surface area contributed by atoms with Crippen LogP contribution in [0.5, 0.6) is 0 Å². The first-order valence-corrected chi connectivity index (χ1v) is 10.3. The van der Waals surface area contributed by atoms with E-state index in [-0.39, 0.29) is 16.9 Å². The number of aryl methyl sites for hydroxylation is 1. The van der Waals surface area contributed by atoms with Crippen LogP contribution < -0.4 is 0 Å². The predicted octanol–water partition coefficient (Wildman–Crippen LogP) is 5.17. The fraction of sp³-hybridized carbons (Fsp3) is 0.619. The SMILES string of the molecule is COC1=C(S(=O)c2ccc(C)cc2)C2CC(C)(C)CCC2C(C)(C)O1. The van der Waals surface area contributed by atoms with Crippen molar-refractivity contribution in [3.05, 3.63) is 40.7 Å². The molecule has 2 aliphatic rings. The van der Waals surface area contributed by atoms with Gasteiger partial charge in [0.2, 0.25) is 0 Å². The lowest BCUT2D eigenvalue weighted by Gasteiger charge is -2.50. The Bertz CT molecular complexity index is 700. The summed E-state index contributed by atoms with van der Waals surface area (Å²) in [5.74, 6) is 1.05. The van der Waals surface area contributed by atoms with Crippen LogP contribution in [0.25, 0.3) is 0 Å². The molecule has 138 valence electrons. The van der Waals surface area contributed by atoms with Gasteiger partial charge in [-0.05, 0) is 57.6 Å². The number of hydrogen-bond acceptors (Lipinski definition) is 3. The van der Waals surface area contributed by atoms with E-state index in [1.54, 1.807) is 7.11 Å². The molecule has 0 saturated heterocycles. The summed E-state index contributed by atoms with van der Waals surface area (Å²) < 4.78 is 25.2. The highest BCUT2D eigenvalue weighted by Crippen LogP contribution is 2.54. The Morgan fingerprint density at radius 2 is 1.80 bits per heavy atom. The highest BCUT2D eigenvalue weighted by molar-refractivity contribution is 7.89. The van der Waals surface area contributed by atoms with Crippen LogP contribution in [0.3, 0.4) is 0 Å². The molecule has 1 heterocycles. The molecule has 3 unspecified atom stereocenters. The zero-order chi connectivity index (χ0) is 18.4. The number of allylic oxidation sites excluding steroid dienone is 1. The van der Waals surface area contributed by atoms with Crippen LogP contribution in [-0.4, -0.2) is 16.9 Å². The first-order chi connectivity index (χ1) is 11.6. The number of rotatable bonds is 3. The average molecular weight is 363 g/mol. The second-order valence-electron chi connectivity index (χ2n) is 8.76. The third-order valence-corrected chi connectivity index (χ3v) is 7.37. The van der Waals surface area contributed by atoms with E-state index in [2.05, 4.69) is 27.7 Å². The molecule has 1 aromatic carbocycles. The van der Waals surface area contributed by atoms with Gasteiger partial charge in [0.25, 0.3) is 5.95 Å². The molecule has 4 heteroatoms. The number of benzene rings is 1. The van der Waals surface area contributed by atoms with Gasteiger partial charge in [0, 0.05) is 16.7 Å². The summed E-state index contributed by atoms with van der Waals surface area (Å²) in [5.41, 5.74) is 1.11. The molecule has 0 bridgehead atoms. The van der Waals surface area contributed by atoms with Crippen LogP contribution >= 0.6 is 0 Å². The molecule has 1 aliphatic heterocycles. The van der Waals surface area contributed by atoms with Gasteiger partial charge >= 0.3 is 0 Å². The molecule has 1 aliphatic carbocycles. The van der Waals surface area contributed by atoms with E-state index in [4.69, 9.17) is 9.47 Å². The molecule has 3 rings (SSSR count). The molecule has 1 fully saturated rings. The van der Waals surface area contributed by atoms with Crippen LogP contribution in [0.1, 0.15) is 52.5 Å². The van der Waals surface area contributed by atoms with E-state index in [0.717, 1.165) is 22.6 Å². The molecule has 0 amide bonds. The molecule has 0 N–H and O–H groups in total. The fourth-order valence-corrected chi connectivity index (χ4v) is 5.79. The Hall–Kier alpha value is -1.29. The number of hydrogen-bond donors (Lipinski definition) is 0. The Balaban J connectivity index is 2.07. The van der Waals surface area contributed by atoms with Gasteiger partial charge in [-0.2, -0.15) is 0 Å². The molecular weight excluding hydrogens is 332 g/mol. The first-order valence-electron chi connectivity index (χ1n) is 9.10. The van der Waals surface area contributed by atoms with Gasteiger partial charge in [0.05, 0.1) is 17.9 Å². The Morgan fingerprint density at radius 3 is 2.40 bits per heavy atom. The van der Waals surface area contributed by atoms with Crippen molar-refractivity contribution in [1.82, 2.24) is 0 Å². The summed E-state index contributed by atoms with van der Waals surface area (Å²) in [7, 11) is 0.354. The quantitative estimate of drug-likeness (QED) is 0.744. The normalized spacial score (nSPS) is 28.7. The second kappa shape index (κ2) is 6.46. The van der Waals surface area contributed by atoms with E-state index >= 15 is 0 Å². The van der Waals surface area contributed by atoms with Crippen LogP contribution in [0.4, 0.5) is 0 Å². The van der Waals surface area contributed by atoms with Crippen LogP contribution in [-0.2, 0) is 20.3 Å². The van der Waals surface area contributed by atoms with Crippen molar-refractivity contribution in [3.63, 3.8) is 0 Å². The summed E-state index contributed by atoms with van der Waals surface area (Å²) >= 11 is 0. The average Bonchev–Trinajstić information content (AvgIpc) is 2.53. The highest BCUT2D eigenvalue weighted by atomic mass is 32.2. The molecule has 1 saturated carbocycles.